The van der Waals surface area contributed by atoms with Crippen molar-refractivity contribution in [1.29, 1.82) is 0 Å². The third-order valence-electron chi connectivity index (χ3n) is 3.47. The fourth-order valence-corrected chi connectivity index (χ4v) is 2.12. The van der Waals surface area contributed by atoms with Crippen LogP contribution in [0.4, 0.5) is 5.69 Å². The van der Waals surface area contributed by atoms with Crippen molar-refractivity contribution in [2.75, 3.05) is 18.5 Å². The molecular formula is C14H19NO. The molecule has 0 saturated heterocycles. The van der Waals surface area contributed by atoms with Crippen LogP contribution in [0.1, 0.15) is 36.5 Å². The molecule has 0 bridgehead atoms. The molecular weight excluding hydrogens is 198 g/mol. The van der Waals surface area contributed by atoms with Crippen molar-refractivity contribution in [2.45, 2.75) is 26.2 Å². The molecule has 0 unspecified atom stereocenters. The molecule has 0 heterocycles. The number of Topliss-reactive ketones (excluding diaryl/α,β-unsaturated/α-hetero) is 1. The molecule has 1 aromatic carbocycles. The Hall–Kier alpha value is -1.31. The predicted molar refractivity (Wildman–Crippen MR) is 67.1 cm³/mol. The third-order valence-corrected chi connectivity index (χ3v) is 3.47. The van der Waals surface area contributed by atoms with Gasteiger partial charge in [0.05, 0.1) is 0 Å². The standard InChI is InChI=1S/C14H19NO/c1-11(16)13-6-8-14(9-7-13)15(2)10-12-4-3-5-12/h6-9,12H,3-5,10H2,1-2H3. The van der Waals surface area contributed by atoms with Gasteiger partial charge in [0.1, 0.15) is 0 Å². The highest BCUT2D eigenvalue weighted by molar-refractivity contribution is 5.94. The van der Waals surface area contributed by atoms with E-state index < -0.39 is 0 Å². The molecule has 2 heteroatoms. The maximum absolute atomic E-state index is 11.1. The largest absolute Gasteiger partial charge is 0.374 e. The van der Waals surface area contributed by atoms with Crippen molar-refractivity contribution < 1.29 is 4.79 Å². The van der Waals surface area contributed by atoms with E-state index in [1.54, 1.807) is 6.92 Å². The van der Waals surface area contributed by atoms with Crippen LogP contribution in [0, 0.1) is 5.92 Å². The molecule has 0 aromatic heterocycles. The molecule has 0 aliphatic heterocycles. The summed E-state index contributed by atoms with van der Waals surface area (Å²) in [4.78, 5) is 13.4. The van der Waals surface area contributed by atoms with E-state index in [4.69, 9.17) is 0 Å². The van der Waals surface area contributed by atoms with Crippen molar-refractivity contribution in [1.82, 2.24) is 0 Å². The molecule has 0 amide bonds. The van der Waals surface area contributed by atoms with Crippen molar-refractivity contribution >= 4 is 11.5 Å². The Balaban J connectivity index is 1.99. The van der Waals surface area contributed by atoms with Crippen LogP contribution in [-0.4, -0.2) is 19.4 Å². The van der Waals surface area contributed by atoms with Gasteiger partial charge >= 0.3 is 0 Å². The van der Waals surface area contributed by atoms with Gasteiger partial charge in [-0.1, -0.05) is 6.42 Å². The van der Waals surface area contributed by atoms with E-state index in [0.717, 1.165) is 18.0 Å². The van der Waals surface area contributed by atoms with Crippen LogP contribution >= 0.6 is 0 Å². The molecule has 0 atom stereocenters. The normalized spacial score (nSPS) is 15.6. The number of carbonyl (C=O) groups excluding carboxylic acids is 1. The number of ketones is 1. The SMILES string of the molecule is CC(=O)c1ccc(N(C)CC2CCC2)cc1. The number of rotatable bonds is 4. The monoisotopic (exact) mass is 217 g/mol. The zero-order valence-electron chi connectivity index (χ0n) is 10.1. The van der Waals surface area contributed by atoms with E-state index >= 15 is 0 Å². The molecule has 0 N–H and O–H groups in total. The summed E-state index contributed by atoms with van der Waals surface area (Å²) in [5, 5.41) is 0. The lowest BCUT2D eigenvalue weighted by Crippen LogP contribution is -2.29. The van der Waals surface area contributed by atoms with Crippen LogP contribution < -0.4 is 4.90 Å². The summed E-state index contributed by atoms with van der Waals surface area (Å²) in [6.45, 7) is 2.74. The molecule has 16 heavy (non-hydrogen) atoms. The van der Waals surface area contributed by atoms with Crippen LogP contribution in [0.5, 0.6) is 0 Å². The second kappa shape index (κ2) is 4.69. The molecule has 0 radical (unpaired) electrons. The zero-order chi connectivity index (χ0) is 11.5. The van der Waals surface area contributed by atoms with Crippen molar-refractivity contribution in [3.63, 3.8) is 0 Å². The Morgan fingerprint density at radius 3 is 2.38 bits per heavy atom. The number of benzene rings is 1. The smallest absolute Gasteiger partial charge is 0.159 e. The summed E-state index contributed by atoms with van der Waals surface area (Å²) in [7, 11) is 2.13. The van der Waals surface area contributed by atoms with Gasteiger partial charge in [0.15, 0.2) is 5.78 Å². The molecule has 1 fully saturated rings. The summed E-state index contributed by atoms with van der Waals surface area (Å²) in [5.74, 6) is 1.01. The Morgan fingerprint density at radius 1 is 1.31 bits per heavy atom. The number of nitrogens with zero attached hydrogens (tertiary/aromatic N) is 1. The van der Waals surface area contributed by atoms with E-state index in [1.807, 2.05) is 24.3 Å². The number of carbonyl (C=O) groups is 1. The summed E-state index contributed by atoms with van der Waals surface area (Å²) < 4.78 is 0. The molecule has 0 spiro atoms. The summed E-state index contributed by atoms with van der Waals surface area (Å²) in [6.07, 6.45) is 4.13. The van der Waals surface area contributed by atoms with Gasteiger partial charge in [-0.3, -0.25) is 4.79 Å². The van der Waals surface area contributed by atoms with Crippen LogP contribution in [0.3, 0.4) is 0 Å². The fourth-order valence-electron chi connectivity index (χ4n) is 2.12. The van der Waals surface area contributed by atoms with Gasteiger partial charge in [-0.25, -0.2) is 0 Å². The lowest BCUT2D eigenvalue weighted by molar-refractivity contribution is 0.101. The first-order valence-corrected chi connectivity index (χ1v) is 5.99. The van der Waals surface area contributed by atoms with Crippen LogP contribution in [0.15, 0.2) is 24.3 Å². The van der Waals surface area contributed by atoms with Gasteiger partial charge in [-0.15, -0.1) is 0 Å². The maximum atomic E-state index is 11.1. The fraction of sp³-hybridized carbons (Fsp3) is 0.500. The summed E-state index contributed by atoms with van der Waals surface area (Å²) in [5.41, 5.74) is 2.00. The lowest BCUT2D eigenvalue weighted by atomic mass is 9.85. The number of hydrogen-bond acceptors (Lipinski definition) is 2. The van der Waals surface area contributed by atoms with Gasteiger partial charge in [0.25, 0.3) is 0 Å². The molecule has 1 aliphatic rings. The Morgan fingerprint density at radius 2 is 1.94 bits per heavy atom. The summed E-state index contributed by atoms with van der Waals surface area (Å²) in [6, 6.07) is 7.90. The zero-order valence-corrected chi connectivity index (χ0v) is 10.1. The first-order valence-electron chi connectivity index (χ1n) is 5.99. The van der Waals surface area contributed by atoms with Gasteiger partial charge in [0.2, 0.25) is 0 Å². The van der Waals surface area contributed by atoms with Gasteiger partial charge in [0, 0.05) is 24.8 Å². The topological polar surface area (TPSA) is 20.3 Å². The number of anilines is 1. The van der Waals surface area contributed by atoms with E-state index in [1.165, 1.54) is 24.9 Å². The average Bonchev–Trinajstić information content (AvgIpc) is 2.23. The van der Waals surface area contributed by atoms with Gasteiger partial charge < -0.3 is 4.90 Å². The third kappa shape index (κ3) is 2.43. The van der Waals surface area contributed by atoms with E-state index in [0.29, 0.717) is 0 Å². The van der Waals surface area contributed by atoms with Gasteiger partial charge in [-0.2, -0.15) is 0 Å². The van der Waals surface area contributed by atoms with Crippen molar-refractivity contribution in [3.8, 4) is 0 Å². The van der Waals surface area contributed by atoms with Crippen LogP contribution in [-0.2, 0) is 0 Å². The minimum atomic E-state index is 0.133. The second-order valence-electron chi connectivity index (χ2n) is 4.78. The Labute approximate surface area is 97.3 Å². The Bertz CT molecular complexity index is 365. The molecule has 2 rings (SSSR count). The first kappa shape index (κ1) is 11.2. The molecule has 1 saturated carbocycles. The lowest BCUT2D eigenvalue weighted by Gasteiger charge is -2.31. The quantitative estimate of drug-likeness (QED) is 0.722. The average molecular weight is 217 g/mol. The van der Waals surface area contributed by atoms with Crippen molar-refractivity contribution in [3.05, 3.63) is 29.8 Å². The van der Waals surface area contributed by atoms with Crippen LogP contribution in [0.2, 0.25) is 0 Å². The minimum absolute atomic E-state index is 0.133. The number of hydrogen-bond donors (Lipinski definition) is 0. The molecule has 1 aromatic rings. The van der Waals surface area contributed by atoms with E-state index in [-0.39, 0.29) is 5.78 Å². The highest BCUT2D eigenvalue weighted by Crippen LogP contribution is 2.28. The Kier molecular flexibility index (Phi) is 3.28. The van der Waals surface area contributed by atoms with Gasteiger partial charge in [-0.05, 0) is 49.9 Å². The maximum Gasteiger partial charge on any atom is 0.159 e. The molecule has 2 nitrogen and oxygen atoms in total. The van der Waals surface area contributed by atoms with Crippen molar-refractivity contribution in [2.24, 2.45) is 5.92 Å². The highest BCUT2D eigenvalue weighted by Gasteiger charge is 2.19. The minimum Gasteiger partial charge on any atom is -0.374 e. The predicted octanol–water partition coefficient (Wildman–Crippen LogP) is 3.13. The van der Waals surface area contributed by atoms with Crippen LogP contribution in [0.25, 0.3) is 0 Å². The van der Waals surface area contributed by atoms with E-state index in [2.05, 4.69) is 11.9 Å². The molecule has 1 aliphatic carbocycles. The highest BCUT2D eigenvalue weighted by atomic mass is 16.1. The second-order valence-corrected chi connectivity index (χ2v) is 4.78. The van der Waals surface area contributed by atoms with E-state index in [9.17, 15) is 4.79 Å². The molecule has 86 valence electrons. The first-order chi connectivity index (χ1) is 7.66. The summed E-state index contributed by atoms with van der Waals surface area (Å²) >= 11 is 0.